The van der Waals surface area contributed by atoms with Crippen molar-refractivity contribution < 1.29 is 27.6 Å². The molecule has 6 nitrogen and oxygen atoms in total. The van der Waals surface area contributed by atoms with Crippen molar-refractivity contribution in [3.63, 3.8) is 0 Å². The normalized spacial score (nSPS) is 13.0. The van der Waals surface area contributed by atoms with Gasteiger partial charge in [-0.3, -0.25) is 10.1 Å². The number of halogens is 3. The number of rotatable bonds is 3. The van der Waals surface area contributed by atoms with Crippen molar-refractivity contribution >= 4 is 17.1 Å². The van der Waals surface area contributed by atoms with Crippen LogP contribution in [0.5, 0.6) is 11.5 Å². The number of benzene rings is 2. The van der Waals surface area contributed by atoms with Crippen molar-refractivity contribution in [2.45, 2.75) is 6.18 Å². The van der Waals surface area contributed by atoms with E-state index in [1.807, 2.05) is 0 Å². The van der Waals surface area contributed by atoms with Gasteiger partial charge in [-0.15, -0.1) is 0 Å². The first kappa shape index (κ1) is 14.9. The Morgan fingerprint density at radius 2 is 1.83 bits per heavy atom. The maximum Gasteiger partial charge on any atom is 0.416 e. The molecule has 1 heterocycles. The summed E-state index contributed by atoms with van der Waals surface area (Å²) in [5, 5.41) is 13.7. The van der Waals surface area contributed by atoms with E-state index in [0.29, 0.717) is 23.3 Å². The SMILES string of the molecule is O=[N+]([O-])c1cc(C(F)(F)F)ccc1Nc1ccc2c(c1)OCO2. The summed E-state index contributed by atoms with van der Waals surface area (Å²) in [6.07, 6.45) is -4.65. The Balaban J connectivity index is 1.95. The molecule has 120 valence electrons. The summed E-state index contributed by atoms with van der Waals surface area (Å²) in [6.45, 7) is 0.0687. The number of hydrogen-bond acceptors (Lipinski definition) is 5. The monoisotopic (exact) mass is 326 g/mol. The van der Waals surface area contributed by atoms with Crippen molar-refractivity contribution in [1.29, 1.82) is 0 Å². The van der Waals surface area contributed by atoms with Gasteiger partial charge in [-0.1, -0.05) is 0 Å². The van der Waals surface area contributed by atoms with Crippen LogP contribution in [0.15, 0.2) is 36.4 Å². The fraction of sp³-hybridized carbons (Fsp3) is 0.143. The molecule has 0 spiro atoms. The van der Waals surface area contributed by atoms with Crippen LogP contribution in [-0.4, -0.2) is 11.7 Å². The fourth-order valence-corrected chi connectivity index (χ4v) is 2.09. The Morgan fingerprint density at radius 1 is 1.09 bits per heavy atom. The number of hydrogen-bond donors (Lipinski definition) is 1. The van der Waals surface area contributed by atoms with Crippen molar-refractivity contribution in [1.82, 2.24) is 0 Å². The minimum Gasteiger partial charge on any atom is -0.454 e. The van der Waals surface area contributed by atoms with Crippen LogP contribution in [0.25, 0.3) is 0 Å². The van der Waals surface area contributed by atoms with Crippen molar-refractivity contribution in [2.24, 2.45) is 0 Å². The molecule has 1 N–H and O–H groups in total. The van der Waals surface area contributed by atoms with Crippen LogP contribution in [0.2, 0.25) is 0 Å². The van der Waals surface area contributed by atoms with Gasteiger partial charge < -0.3 is 14.8 Å². The lowest BCUT2D eigenvalue weighted by Crippen LogP contribution is -2.06. The lowest BCUT2D eigenvalue weighted by atomic mass is 10.1. The Labute approximate surface area is 127 Å². The minimum absolute atomic E-state index is 0.0538. The Kier molecular flexibility index (Phi) is 3.47. The van der Waals surface area contributed by atoms with Gasteiger partial charge in [0.15, 0.2) is 11.5 Å². The topological polar surface area (TPSA) is 73.6 Å². The highest BCUT2D eigenvalue weighted by Crippen LogP contribution is 2.38. The van der Waals surface area contributed by atoms with Crippen molar-refractivity contribution in [3.8, 4) is 11.5 Å². The summed E-state index contributed by atoms with van der Waals surface area (Å²) in [5.74, 6) is 0.974. The van der Waals surface area contributed by atoms with Gasteiger partial charge in [-0.05, 0) is 24.3 Å². The van der Waals surface area contributed by atoms with E-state index < -0.39 is 22.4 Å². The van der Waals surface area contributed by atoms with Gasteiger partial charge in [0, 0.05) is 17.8 Å². The van der Waals surface area contributed by atoms with E-state index in [4.69, 9.17) is 9.47 Å². The zero-order valence-electron chi connectivity index (χ0n) is 11.4. The average Bonchev–Trinajstić information content (AvgIpc) is 2.93. The summed E-state index contributed by atoms with van der Waals surface area (Å²) >= 11 is 0. The van der Waals surface area contributed by atoms with E-state index in [2.05, 4.69) is 5.32 Å². The maximum atomic E-state index is 12.7. The first-order valence-corrected chi connectivity index (χ1v) is 6.37. The van der Waals surface area contributed by atoms with E-state index in [1.54, 1.807) is 18.2 Å². The Bertz CT molecular complexity index is 777. The number of nitro benzene ring substituents is 1. The number of anilines is 2. The van der Waals surface area contributed by atoms with Gasteiger partial charge in [0.05, 0.1) is 10.5 Å². The second kappa shape index (κ2) is 5.34. The molecule has 9 heteroatoms. The third kappa shape index (κ3) is 2.98. The number of fused-ring (bicyclic) bond motifs is 1. The third-order valence-electron chi connectivity index (χ3n) is 3.17. The molecule has 0 amide bonds. The molecule has 0 aliphatic carbocycles. The number of nitrogens with zero attached hydrogens (tertiary/aromatic N) is 1. The van der Waals surface area contributed by atoms with Gasteiger partial charge in [0.25, 0.3) is 5.69 Å². The Hall–Kier alpha value is -2.97. The fourth-order valence-electron chi connectivity index (χ4n) is 2.09. The van der Waals surface area contributed by atoms with Crippen LogP contribution in [0, 0.1) is 10.1 Å². The van der Waals surface area contributed by atoms with E-state index >= 15 is 0 Å². The number of nitrogens with one attached hydrogen (secondary N) is 1. The molecule has 2 aromatic rings. The molecule has 3 rings (SSSR count). The smallest absolute Gasteiger partial charge is 0.416 e. The molecule has 0 aromatic heterocycles. The second-order valence-electron chi connectivity index (χ2n) is 4.68. The highest BCUT2D eigenvalue weighted by atomic mass is 19.4. The molecule has 0 bridgehead atoms. The minimum atomic E-state index is -4.65. The van der Waals surface area contributed by atoms with Crippen LogP contribution in [-0.2, 0) is 6.18 Å². The predicted octanol–water partition coefficient (Wildman–Crippen LogP) is 4.09. The van der Waals surface area contributed by atoms with E-state index in [9.17, 15) is 23.3 Å². The summed E-state index contributed by atoms with van der Waals surface area (Å²) in [6, 6.07) is 7.02. The van der Waals surface area contributed by atoms with Gasteiger partial charge >= 0.3 is 6.18 Å². The molecule has 2 aromatic carbocycles. The van der Waals surface area contributed by atoms with Crippen molar-refractivity contribution in [3.05, 3.63) is 52.1 Å². The highest BCUT2D eigenvalue weighted by Gasteiger charge is 2.33. The van der Waals surface area contributed by atoms with E-state index in [0.717, 1.165) is 12.1 Å². The van der Waals surface area contributed by atoms with Gasteiger partial charge in [-0.2, -0.15) is 13.2 Å². The highest BCUT2D eigenvalue weighted by molar-refractivity contribution is 5.71. The number of alkyl halides is 3. The first-order chi connectivity index (χ1) is 10.8. The van der Waals surface area contributed by atoms with Crippen LogP contribution >= 0.6 is 0 Å². The zero-order valence-corrected chi connectivity index (χ0v) is 11.4. The number of ether oxygens (including phenoxy) is 2. The molecule has 0 unspecified atom stereocenters. The van der Waals surface area contributed by atoms with Crippen LogP contribution in [0.1, 0.15) is 5.56 Å². The molecular formula is C14H9F3N2O4. The third-order valence-corrected chi connectivity index (χ3v) is 3.17. The summed E-state index contributed by atoms with van der Waals surface area (Å²) in [5.41, 5.74) is -1.38. The quantitative estimate of drug-likeness (QED) is 0.679. The lowest BCUT2D eigenvalue weighted by molar-refractivity contribution is -0.384. The number of nitro groups is 1. The van der Waals surface area contributed by atoms with E-state index in [-0.39, 0.29) is 12.5 Å². The molecule has 1 aliphatic rings. The summed E-state index contributed by atoms with van der Waals surface area (Å²) < 4.78 is 48.3. The molecule has 0 atom stereocenters. The summed E-state index contributed by atoms with van der Waals surface area (Å²) in [7, 11) is 0. The zero-order chi connectivity index (χ0) is 16.6. The maximum absolute atomic E-state index is 12.7. The molecule has 0 saturated heterocycles. The van der Waals surface area contributed by atoms with E-state index in [1.165, 1.54) is 0 Å². The largest absolute Gasteiger partial charge is 0.454 e. The molecule has 0 radical (unpaired) electrons. The molecule has 1 aliphatic heterocycles. The average molecular weight is 326 g/mol. The predicted molar refractivity (Wildman–Crippen MR) is 73.9 cm³/mol. The van der Waals surface area contributed by atoms with Crippen LogP contribution in [0.3, 0.4) is 0 Å². The lowest BCUT2D eigenvalue weighted by Gasteiger charge is -2.11. The van der Waals surface area contributed by atoms with Gasteiger partial charge in [0.2, 0.25) is 6.79 Å². The standard InChI is InChI=1S/C14H9F3N2O4/c15-14(16,17)8-1-3-10(11(5-8)19(20)21)18-9-2-4-12-13(6-9)23-7-22-12/h1-6,18H,7H2. The van der Waals surface area contributed by atoms with Gasteiger partial charge in [-0.25, -0.2) is 0 Å². The molecule has 0 fully saturated rings. The molecule has 0 saturated carbocycles. The molecular weight excluding hydrogens is 317 g/mol. The summed E-state index contributed by atoms with van der Waals surface area (Å²) in [4.78, 5) is 10.2. The van der Waals surface area contributed by atoms with Gasteiger partial charge in [0.1, 0.15) is 5.69 Å². The van der Waals surface area contributed by atoms with Crippen LogP contribution < -0.4 is 14.8 Å². The molecule has 23 heavy (non-hydrogen) atoms. The van der Waals surface area contributed by atoms with Crippen LogP contribution in [0.4, 0.5) is 30.2 Å². The van der Waals surface area contributed by atoms with Crippen molar-refractivity contribution in [2.75, 3.05) is 12.1 Å². The Morgan fingerprint density at radius 3 is 2.52 bits per heavy atom. The second-order valence-corrected chi connectivity index (χ2v) is 4.68. The first-order valence-electron chi connectivity index (χ1n) is 6.37.